The van der Waals surface area contributed by atoms with Crippen LogP contribution in [0.1, 0.15) is 5.56 Å². The Balaban J connectivity index is 2.09. The first-order chi connectivity index (χ1) is 13.1. The number of amides is 1. The fourth-order valence-electron chi connectivity index (χ4n) is 2.35. The van der Waals surface area contributed by atoms with Gasteiger partial charge in [-0.05, 0) is 61.7 Å². The van der Waals surface area contributed by atoms with E-state index >= 15 is 0 Å². The molecule has 0 saturated heterocycles. The number of rotatable bonds is 7. The summed E-state index contributed by atoms with van der Waals surface area (Å²) in [6, 6.07) is 12.4. The van der Waals surface area contributed by atoms with Gasteiger partial charge in [0.1, 0.15) is 6.54 Å². The molecule has 0 aliphatic carbocycles. The van der Waals surface area contributed by atoms with Crippen molar-refractivity contribution in [3.8, 4) is 0 Å². The lowest BCUT2D eigenvalue weighted by atomic mass is 10.2. The number of anilines is 2. The molecule has 0 unspecified atom stereocenters. The highest BCUT2D eigenvalue weighted by molar-refractivity contribution is 9.11. The van der Waals surface area contributed by atoms with Crippen LogP contribution in [0.25, 0.3) is 0 Å². The van der Waals surface area contributed by atoms with E-state index in [2.05, 4.69) is 42.4 Å². The van der Waals surface area contributed by atoms with Gasteiger partial charge in [0.15, 0.2) is 0 Å². The Morgan fingerprint density at radius 3 is 2.36 bits per heavy atom. The van der Waals surface area contributed by atoms with Gasteiger partial charge < -0.3 is 4.90 Å². The first-order valence-corrected chi connectivity index (χ1v) is 11.5. The van der Waals surface area contributed by atoms with Crippen molar-refractivity contribution in [3.63, 3.8) is 0 Å². The number of halogens is 2. The van der Waals surface area contributed by atoms with E-state index in [4.69, 9.17) is 0 Å². The monoisotopic (exact) mass is 530 g/mol. The highest BCUT2D eigenvalue weighted by atomic mass is 79.9. The van der Waals surface area contributed by atoms with Crippen molar-refractivity contribution >= 4 is 65.4 Å². The molecule has 150 valence electrons. The number of hydrogen-bond donors (Lipinski definition) is 1. The van der Waals surface area contributed by atoms with Crippen LogP contribution in [-0.4, -0.2) is 47.4 Å². The van der Waals surface area contributed by atoms with Crippen LogP contribution in [-0.2, 0) is 14.8 Å². The van der Waals surface area contributed by atoms with Gasteiger partial charge in [0.25, 0.3) is 5.91 Å². The predicted molar refractivity (Wildman–Crippen MR) is 121 cm³/mol. The molecule has 0 heterocycles. The molecular formula is C18H20Br2N4O3S. The van der Waals surface area contributed by atoms with Gasteiger partial charge in [-0.1, -0.05) is 18.2 Å². The second-order valence-corrected chi connectivity index (χ2v) is 9.73. The minimum atomic E-state index is -3.65. The fraction of sp³-hybridized carbons (Fsp3) is 0.222. The highest BCUT2D eigenvalue weighted by Crippen LogP contribution is 2.27. The molecule has 0 atom stereocenters. The third-order valence-electron chi connectivity index (χ3n) is 3.67. The Morgan fingerprint density at radius 2 is 1.79 bits per heavy atom. The number of carbonyl (C=O) groups excluding carboxylic acids is 1. The zero-order chi connectivity index (χ0) is 20.9. The van der Waals surface area contributed by atoms with Gasteiger partial charge in [0.2, 0.25) is 10.0 Å². The number of carbonyl (C=O) groups is 1. The van der Waals surface area contributed by atoms with Gasteiger partial charge in [-0.3, -0.25) is 9.10 Å². The van der Waals surface area contributed by atoms with Crippen LogP contribution in [0.3, 0.4) is 0 Å². The lowest BCUT2D eigenvalue weighted by molar-refractivity contribution is -0.119. The maximum atomic E-state index is 12.2. The lowest BCUT2D eigenvalue weighted by Crippen LogP contribution is -2.39. The zero-order valence-corrected chi connectivity index (χ0v) is 19.5. The molecule has 2 aromatic carbocycles. The second kappa shape index (κ2) is 9.53. The predicted octanol–water partition coefficient (Wildman–Crippen LogP) is 3.19. The summed E-state index contributed by atoms with van der Waals surface area (Å²) in [5.41, 5.74) is 4.54. The summed E-state index contributed by atoms with van der Waals surface area (Å²) >= 11 is 6.80. The van der Waals surface area contributed by atoms with E-state index in [9.17, 15) is 13.2 Å². The summed E-state index contributed by atoms with van der Waals surface area (Å²) in [6.07, 6.45) is 2.54. The Morgan fingerprint density at radius 1 is 1.11 bits per heavy atom. The Hall–Kier alpha value is -1.91. The molecule has 1 amide bonds. The molecule has 0 aliphatic rings. The molecular weight excluding hydrogens is 512 g/mol. The number of hydrogen-bond acceptors (Lipinski definition) is 5. The first-order valence-electron chi connectivity index (χ1n) is 8.10. The molecule has 2 rings (SSSR count). The van der Waals surface area contributed by atoms with Crippen molar-refractivity contribution in [2.75, 3.05) is 36.1 Å². The standard InChI is InChI=1S/C18H20Br2N4O3S/c1-23(2)16-9-8-13(10-15(16)20)11-21-22-18(25)12-24(28(3,26)27)17-7-5-4-6-14(17)19/h4-11H,12H2,1-3H3,(H,22,25)/b21-11-. The van der Waals surface area contributed by atoms with E-state index < -0.39 is 15.9 Å². The molecule has 28 heavy (non-hydrogen) atoms. The quantitative estimate of drug-likeness (QED) is 0.439. The molecule has 0 saturated carbocycles. The maximum absolute atomic E-state index is 12.2. The lowest BCUT2D eigenvalue weighted by Gasteiger charge is -2.22. The SMILES string of the molecule is CN(C)c1ccc(/C=N\NC(=O)CN(c2ccccc2Br)S(C)(=O)=O)cc1Br. The van der Waals surface area contributed by atoms with Crippen molar-refractivity contribution in [2.45, 2.75) is 0 Å². The number of nitrogens with one attached hydrogen (secondary N) is 1. The summed E-state index contributed by atoms with van der Waals surface area (Å²) in [4.78, 5) is 14.2. The Bertz CT molecular complexity index is 994. The van der Waals surface area contributed by atoms with Gasteiger partial charge in [0.05, 0.1) is 23.8 Å². The maximum Gasteiger partial charge on any atom is 0.260 e. The van der Waals surface area contributed by atoms with Crippen molar-refractivity contribution in [1.29, 1.82) is 0 Å². The number of sulfonamides is 1. The second-order valence-electron chi connectivity index (χ2n) is 6.12. The first kappa shape index (κ1) is 22.4. The zero-order valence-electron chi connectivity index (χ0n) is 15.6. The molecule has 1 N–H and O–H groups in total. The number of para-hydroxylation sites is 1. The summed E-state index contributed by atoms with van der Waals surface area (Å²) in [5.74, 6) is -0.554. The fourth-order valence-corrected chi connectivity index (χ4v) is 4.58. The molecule has 2 aromatic rings. The van der Waals surface area contributed by atoms with E-state index in [1.54, 1.807) is 24.3 Å². The van der Waals surface area contributed by atoms with Gasteiger partial charge in [-0.25, -0.2) is 13.8 Å². The van der Waals surface area contributed by atoms with Crippen LogP contribution in [0.5, 0.6) is 0 Å². The van der Waals surface area contributed by atoms with Gasteiger partial charge >= 0.3 is 0 Å². The van der Waals surface area contributed by atoms with Gasteiger partial charge in [-0.15, -0.1) is 0 Å². The van der Waals surface area contributed by atoms with E-state index in [0.717, 1.165) is 26.3 Å². The van der Waals surface area contributed by atoms with Crippen LogP contribution in [0.15, 0.2) is 56.5 Å². The normalized spacial score (nSPS) is 11.5. The smallest absolute Gasteiger partial charge is 0.260 e. The molecule has 0 fully saturated rings. The van der Waals surface area contributed by atoms with Crippen LogP contribution in [0.2, 0.25) is 0 Å². The van der Waals surface area contributed by atoms with Crippen LogP contribution in [0.4, 0.5) is 11.4 Å². The summed E-state index contributed by atoms with van der Waals surface area (Å²) < 4.78 is 26.7. The van der Waals surface area contributed by atoms with Crippen molar-refractivity contribution in [3.05, 3.63) is 57.0 Å². The topological polar surface area (TPSA) is 82.1 Å². The van der Waals surface area contributed by atoms with E-state index in [0.29, 0.717) is 10.2 Å². The number of nitrogens with zero attached hydrogens (tertiary/aromatic N) is 3. The van der Waals surface area contributed by atoms with E-state index in [1.807, 2.05) is 37.2 Å². The van der Waals surface area contributed by atoms with Crippen molar-refractivity contribution in [2.24, 2.45) is 5.10 Å². The molecule has 10 heteroatoms. The molecule has 0 aromatic heterocycles. The molecule has 0 bridgehead atoms. The Kier molecular flexibility index (Phi) is 7.62. The number of benzene rings is 2. The Labute approximate surface area is 181 Å². The molecule has 7 nitrogen and oxygen atoms in total. The van der Waals surface area contributed by atoms with Gasteiger partial charge in [0, 0.05) is 23.0 Å². The molecule has 0 radical (unpaired) electrons. The van der Waals surface area contributed by atoms with E-state index in [-0.39, 0.29) is 6.54 Å². The van der Waals surface area contributed by atoms with Crippen molar-refractivity contribution < 1.29 is 13.2 Å². The third-order valence-corrected chi connectivity index (χ3v) is 6.10. The summed E-state index contributed by atoms with van der Waals surface area (Å²) in [6.45, 7) is -0.387. The average Bonchev–Trinajstić information content (AvgIpc) is 2.59. The minimum absolute atomic E-state index is 0.382. The summed E-state index contributed by atoms with van der Waals surface area (Å²) in [7, 11) is 0.223. The molecule has 0 aliphatic heterocycles. The third kappa shape index (κ3) is 6.05. The van der Waals surface area contributed by atoms with Crippen LogP contribution < -0.4 is 14.6 Å². The van der Waals surface area contributed by atoms with Gasteiger partial charge in [-0.2, -0.15) is 5.10 Å². The van der Waals surface area contributed by atoms with E-state index in [1.165, 1.54) is 6.21 Å². The van der Waals surface area contributed by atoms with Crippen LogP contribution >= 0.6 is 31.9 Å². The van der Waals surface area contributed by atoms with Crippen LogP contribution in [0, 0.1) is 0 Å². The summed E-state index contributed by atoms with van der Waals surface area (Å²) in [5, 5.41) is 3.92. The average molecular weight is 532 g/mol. The van der Waals surface area contributed by atoms with Crippen molar-refractivity contribution in [1.82, 2.24) is 5.43 Å². The minimum Gasteiger partial charge on any atom is -0.377 e. The molecule has 0 spiro atoms. The highest BCUT2D eigenvalue weighted by Gasteiger charge is 2.22. The largest absolute Gasteiger partial charge is 0.377 e. The number of hydrazone groups is 1.